The number of ether oxygens (including phenoxy) is 2. The van der Waals surface area contributed by atoms with Crippen LogP contribution in [0.5, 0.6) is 0 Å². The van der Waals surface area contributed by atoms with E-state index in [0.29, 0.717) is 5.57 Å². The van der Waals surface area contributed by atoms with E-state index in [1.54, 1.807) is 20.8 Å². The second-order valence-corrected chi connectivity index (χ2v) is 12.8. The average molecular weight is 397 g/mol. The standard InChI is InChI=1S/C23H28O4Si/c1-17-20(24)25-23(5,6)26-21(17)27-28(22(2,3)4,18-13-9-7-10-14-18)19-15-11-8-12-16-19/h7-16H,1-6H3. The van der Waals surface area contributed by atoms with Crippen molar-refractivity contribution in [2.75, 3.05) is 0 Å². The van der Waals surface area contributed by atoms with Crippen LogP contribution in [0.1, 0.15) is 41.5 Å². The quantitative estimate of drug-likeness (QED) is 0.576. The zero-order chi connectivity index (χ0) is 20.6. The van der Waals surface area contributed by atoms with Crippen LogP contribution in [0, 0.1) is 0 Å². The minimum atomic E-state index is -2.86. The topological polar surface area (TPSA) is 44.8 Å². The molecule has 28 heavy (non-hydrogen) atoms. The second kappa shape index (κ2) is 7.13. The summed E-state index contributed by atoms with van der Waals surface area (Å²) in [7, 11) is -2.86. The highest BCUT2D eigenvalue weighted by atomic mass is 28.4. The maximum Gasteiger partial charge on any atom is 0.344 e. The normalized spacial score (nSPS) is 17.0. The van der Waals surface area contributed by atoms with Gasteiger partial charge in [0.25, 0.3) is 11.7 Å². The van der Waals surface area contributed by atoms with Gasteiger partial charge in [-0.25, -0.2) is 4.79 Å². The molecule has 0 atom stereocenters. The zero-order valence-electron chi connectivity index (χ0n) is 17.4. The van der Waals surface area contributed by atoms with Gasteiger partial charge in [0.05, 0.1) is 0 Å². The molecule has 0 aromatic heterocycles. The molecule has 0 N–H and O–H groups in total. The summed E-state index contributed by atoms with van der Waals surface area (Å²) in [5, 5.41) is 2.02. The van der Waals surface area contributed by atoms with E-state index < -0.39 is 20.1 Å². The largest absolute Gasteiger partial charge is 0.509 e. The van der Waals surface area contributed by atoms with Gasteiger partial charge in [0, 0.05) is 13.8 Å². The van der Waals surface area contributed by atoms with E-state index in [2.05, 4.69) is 45.0 Å². The molecule has 5 heteroatoms. The fourth-order valence-electron chi connectivity index (χ4n) is 3.59. The maximum absolute atomic E-state index is 12.4. The van der Waals surface area contributed by atoms with E-state index in [1.807, 2.05) is 36.4 Å². The fourth-order valence-corrected chi connectivity index (χ4v) is 7.99. The first kappa shape index (κ1) is 20.2. The number of carbonyl (C=O) groups excluding carboxylic acids is 1. The molecule has 0 amide bonds. The van der Waals surface area contributed by atoms with E-state index in [0.717, 1.165) is 10.4 Å². The number of rotatable bonds is 4. The summed E-state index contributed by atoms with van der Waals surface area (Å²) in [4.78, 5) is 12.4. The molecule has 0 fully saturated rings. The number of hydrogen-bond donors (Lipinski definition) is 0. The number of esters is 1. The van der Waals surface area contributed by atoms with Crippen LogP contribution in [-0.4, -0.2) is 20.1 Å². The number of carbonyl (C=O) groups is 1. The molecule has 0 radical (unpaired) electrons. The van der Waals surface area contributed by atoms with Gasteiger partial charge in [-0.2, -0.15) is 0 Å². The van der Waals surface area contributed by atoms with Crippen LogP contribution in [-0.2, 0) is 18.7 Å². The van der Waals surface area contributed by atoms with E-state index in [4.69, 9.17) is 13.9 Å². The van der Waals surface area contributed by atoms with Gasteiger partial charge in [-0.3, -0.25) is 0 Å². The highest BCUT2D eigenvalue weighted by molar-refractivity contribution is 6.99. The lowest BCUT2D eigenvalue weighted by Crippen LogP contribution is -2.66. The molecule has 0 saturated heterocycles. The molecule has 2 aromatic rings. The van der Waals surface area contributed by atoms with E-state index in [-0.39, 0.29) is 11.0 Å². The Morgan fingerprint density at radius 3 is 1.75 bits per heavy atom. The van der Waals surface area contributed by atoms with Gasteiger partial charge in [0.2, 0.25) is 0 Å². The minimum absolute atomic E-state index is 0.224. The van der Waals surface area contributed by atoms with Crippen LogP contribution >= 0.6 is 0 Å². The van der Waals surface area contributed by atoms with Crippen LogP contribution < -0.4 is 10.4 Å². The van der Waals surface area contributed by atoms with Crippen molar-refractivity contribution in [3.05, 3.63) is 72.2 Å². The summed E-state index contributed by atoms with van der Waals surface area (Å²) in [6, 6.07) is 20.5. The molecule has 1 heterocycles. The molecule has 0 unspecified atom stereocenters. The van der Waals surface area contributed by atoms with Gasteiger partial charge in [0.1, 0.15) is 5.57 Å². The lowest BCUT2D eigenvalue weighted by atomic mass is 10.2. The Morgan fingerprint density at radius 2 is 1.32 bits per heavy atom. The fraction of sp³-hybridized carbons (Fsp3) is 0.348. The van der Waals surface area contributed by atoms with E-state index in [9.17, 15) is 4.79 Å². The summed E-state index contributed by atoms with van der Waals surface area (Å²) < 4.78 is 18.2. The first-order chi connectivity index (χ1) is 13.1. The van der Waals surface area contributed by atoms with Crippen molar-refractivity contribution in [3.63, 3.8) is 0 Å². The average Bonchev–Trinajstić information content (AvgIpc) is 2.63. The van der Waals surface area contributed by atoms with Crippen molar-refractivity contribution in [3.8, 4) is 0 Å². The van der Waals surface area contributed by atoms with Gasteiger partial charge >= 0.3 is 14.3 Å². The van der Waals surface area contributed by atoms with Crippen molar-refractivity contribution in [1.29, 1.82) is 0 Å². The number of benzene rings is 2. The van der Waals surface area contributed by atoms with Crippen molar-refractivity contribution in [2.24, 2.45) is 0 Å². The number of cyclic esters (lactones) is 1. The van der Waals surface area contributed by atoms with E-state index >= 15 is 0 Å². The first-order valence-electron chi connectivity index (χ1n) is 9.50. The van der Waals surface area contributed by atoms with Crippen LogP contribution in [0.15, 0.2) is 72.2 Å². The van der Waals surface area contributed by atoms with Crippen molar-refractivity contribution < 1.29 is 18.7 Å². The lowest BCUT2D eigenvalue weighted by molar-refractivity contribution is -0.220. The van der Waals surface area contributed by atoms with Gasteiger partial charge in [-0.05, 0) is 22.3 Å². The SMILES string of the molecule is CC1=C(O[Si](c2ccccc2)(c2ccccc2)C(C)(C)C)OC(C)(C)OC1=O. The van der Waals surface area contributed by atoms with Crippen LogP contribution in [0.25, 0.3) is 0 Å². The summed E-state index contributed by atoms with van der Waals surface area (Å²) >= 11 is 0. The Morgan fingerprint density at radius 1 is 0.857 bits per heavy atom. The minimum Gasteiger partial charge on any atom is -0.509 e. The predicted molar refractivity (Wildman–Crippen MR) is 113 cm³/mol. The van der Waals surface area contributed by atoms with Crippen molar-refractivity contribution in [2.45, 2.75) is 52.4 Å². The summed E-state index contributed by atoms with van der Waals surface area (Å²) in [5.74, 6) is -1.23. The molecular weight excluding hydrogens is 368 g/mol. The van der Waals surface area contributed by atoms with Crippen LogP contribution in [0.4, 0.5) is 0 Å². The zero-order valence-corrected chi connectivity index (χ0v) is 18.4. The Balaban J connectivity index is 2.25. The smallest absolute Gasteiger partial charge is 0.344 e. The Hall–Kier alpha value is -2.53. The molecular formula is C23H28O4Si. The lowest BCUT2D eigenvalue weighted by Gasteiger charge is -2.44. The highest BCUT2D eigenvalue weighted by Gasteiger charge is 2.54. The van der Waals surface area contributed by atoms with Gasteiger partial charge < -0.3 is 13.9 Å². The van der Waals surface area contributed by atoms with Crippen LogP contribution in [0.2, 0.25) is 5.04 Å². The molecule has 0 bridgehead atoms. The van der Waals surface area contributed by atoms with Gasteiger partial charge in [-0.1, -0.05) is 81.4 Å². The summed E-state index contributed by atoms with van der Waals surface area (Å²) in [5.41, 5.74) is 0.354. The molecule has 2 aromatic carbocycles. The molecule has 0 spiro atoms. The highest BCUT2D eigenvalue weighted by Crippen LogP contribution is 2.40. The van der Waals surface area contributed by atoms with Crippen molar-refractivity contribution >= 4 is 24.7 Å². The molecule has 1 aliphatic heterocycles. The number of hydrogen-bond acceptors (Lipinski definition) is 4. The van der Waals surface area contributed by atoms with Gasteiger partial charge in [-0.15, -0.1) is 0 Å². The monoisotopic (exact) mass is 396 g/mol. The van der Waals surface area contributed by atoms with Crippen molar-refractivity contribution in [1.82, 2.24) is 0 Å². The predicted octanol–water partition coefficient (Wildman–Crippen LogP) is 4.10. The summed E-state index contributed by atoms with van der Waals surface area (Å²) in [6.45, 7) is 11.7. The molecule has 0 aliphatic carbocycles. The van der Waals surface area contributed by atoms with E-state index in [1.165, 1.54) is 0 Å². The Bertz CT molecular complexity index is 840. The molecule has 3 rings (SSSR count). The molecule has 1 aliphatic rings. The second-order valence-electron chi connectivity index (χ2n) is 8.57. The first-order valence-corrected chi connectivity index (χ1v) is 11.4. The van der Waals surface area contributed by atoms with Gasteiger partial charge in [0.15, 0.2) is 0 Å². The van der Waals surface area contributed by atoms with Crippen LogP contribution in [0.3, 0.4) is 0 Å². The Labute approximate surface area is 168 Å². The third-order valence-corrected chi connectivity index (χ3v) is 9.85. The molecule has 148 valence electrons. The third-order valence-electron chi connectivity index (χ3n) is 4.95. The molecule has 4 nitrogen and oxygen atoms in total. The summed E-state index contributed by atoms with van der Waals surface area (Å²) in [6.07, 6.45) is 0. The molecule has 0 saturated carbocycles. The maximum atomic E-state index is 12.4. The Kier molecular flexibility index (Phi) is 5.15. The third kappa shape index (κ3) is 3.59.